The van der Waals surface area contributed by atoms with E-state index in [9.17, 15) is 13.6 Å². The summed E-state index contributed by atoms with van der Waals surface area (Å²) < 4.78 is 31.7. The first-order chi connectivity index (χ1) is 7.90. The molecule has 2 unspecified atom stereocenters. The van der Waals surface area contributed by atoms with E-state index in [4.69, 9.17) is 0 Å². The first-order valence-corrected chi connectivity index (χ1v) is 6.60. The van der Waals surface area contributed by atoms with Crippen LogP contribution in [-0.4, -0.2) is 48.6 Å². The molecule has 0 aromatic carbocycles. The Bertz CT molecular complexity index is 299. The highest BCUT2D eigenvalue weighted by molar-refractivity contribution is 7.99. The molecule has 6 heteroatoms. The Labute approximate surface area is 104 Å². The zero-order valence-corrected chi connectivity index (χ0v) is 10.8. The van der Waals surface area contributed by atoms with E-state index in [2.05, 4.69) is 11.3 Å². The maximum absolute atomic E-state index is 13.5. The fraction of sp³-hybridized carbons (Fsp3) is 0.727. The number of nitrogens with zero attached hydrogens (tertiary/aromatic N) is 1. The molecule has 1 rings (SSSR count). The van der Waals surface area contributed by atoms with Gasteiger partial charge in [-0.1, -0.05) is 6.08 Å². The molecule has 0 aromatic rings. The van der Waals surface area contributed by atoms with Gasteiger partial charge in [-0.05, 0) is 6.26 Å². The molecule has 1 aliphatic rings. The predicted octanol–water partition coefficient (Wildman–Crippen LogP) is 1.99. The van der Waals surface area contributed by atoms with Gasteiger partial charge < -0.3 is 9.64 Å². The quantitative estimate of drug-likeness (QED) is 0.688. The SMILES string of the molecule is C=CC(SC)C(F)(F)OCC1CC(=O)N(C)C1. The van der Waals surface area contributed by atoms with Crippen LogP contribution in [0.25, 0.3) is 0 Å². The highest BCUT2D eigenvalue weighted by atomic mass is 32.2. The molecule has 17 heavy (non-hydrogen) atoms. The number of rotatable bonds is 6. The fourth-order valence-corrected chi connectivity index (χ4v) is 2.28. The molecule has 1 heterocycles. The van der Waals surface area contributed by atoms with Gasteiger partial charge in [-0.15, -0.1) is 18.3 Å². The maximum Gasteiger partial charge on any atom is 0.371 e. The van der Waals surface area contributed by atoms with Crippen LogP contribution in [0.3, 0.4) is 0 Å². The standard InChI is InChI=1S/C11H17F2NO2S/c1-4-9(17-3)11(12,13)16-7-8-5-10(15)14(2)6-8/h4,8-9H,1,5-7H2,2-3H3. The number of hydrogen-bond acceptors (Lipinski definition) is 3. The Morgan fingerprint density at radius 3 is 2.82 bits per heavy atom. The van der Waals surface area contributed by atoms with Crippen molar-refractivity contribution in [2.45, 2.75) is 17.8 Å². The van der Waals surface area contributed by atoms with Gasteiger partial charge in [0.2, 0.25) is 5.91 Å². The van der Waals surface area contributed by atoms with Crippen molar-refractivity contribution < 1.29 is 18.3 Å². The van der Waals surface area contributed by atoms with Crippen LogP contribution in [0.2, 0.25) is 0 Å². The van der Waals surface area contributed by atoms with Gasteiger partial charge in [-0.3, -0.25) is 4.79 Å². The van der Waals surface area contributed by atoms with Crippen molar-refractivity contribution in [2.75, 3.05) is 26.5 Å². The Kier molecular flexibility index (Phi) is 4.94. The molecule has 1 fully saturated rings. The number of amides is 1. The van der Waals surface area contributed by atoms with E-state index in [0.29, 0.717) is 6.54 Å². The Morgan fingerprint density at radius 2 is 2.41 bits per heavy atom. The minimum absolute atomic E-state index is 0.0212. The van der Waals surface area contributed by atoms with Crippen molar-refractivity contribution in [1.82, 2.24) is 4.90 Å². The van der Waals surface area contributed by atoms with Crippen LogP contribution in [0.15, 0.2) is 12.7 Å². The number of carbonyl (C=O) groups is 1. The highest BCUT2D eigenvalue weighted by Crippen LogP contribution is 2.31. The Balaban J connectivity index is 2.44. The average Bonchev–Trinajstić information content (AvgIpc) is 2.57. The molecule has 0 bridgehead atoms. The third kappa shape index (κ3) is 3.67. The molecule has 0 aliphatic carbocycles. The lowest BCUT2D eigenvalue weighted by Crippen LogP contribution is -2.34. The lowest BCUT2D eigenvalue weighted by Gasteiger charge is -2.24. The van der Waals surface area contributed by atoms with E-state index in [1.165, 1.54) is 11.0 Å². The summed E-state index contributed by atoms with van der Waals surface area (Å²) in [4.78, 5) is 12.8. The monoisotopic (exact) mass is 265 g/mol. The number of carbonyl (C=O) groups excluding carboxylic acids is 1. The predicted molar refractivity (Wildman–Crippen MR) is 64.1 cm³/mol. The normalized spacial score (nSPS) is 22.9. The number of likely N-dealkylation sites (tertiary alicyclic amines) is 1. The molecular weight excluding hydrogens is 248 g/mol. The summed E-state index contributed by atoms with van der Waals surface area (Å²) in [5, 5.41) is -1.06. The van der Waals surface area contributed by atoms with E-state index in [1.54, 1.807) is 13.3 Å². The van der Waals surface area contributed by atoms with Gasteiger partial charge in [-0.25, -0.2) is 0 Å². The van der Waals surface area contributed by atoms with E-state index in [-0.39, 0.29) is 24.9 Å². The van der Waals surface area contributed by atoms with Crippen LogP contribution in [-0.2, 0) is 9.53 Å². The van der Waals surface area contributed by atoms with Gasteiger partial charge in [0.15, 0.2) is 0 Å². The van der Waals surface area contributed by atoms with Crippen LogP contribution in [0.4, 0.5) is 8.78 Å². The molecule has 0 radical (unpaired) electrons. The summed E-state index contributed by atoms with van der Waals surface area (Å²) in [6.45, 7) is 3.73. The van der Waals surface area contributed by atoms with Crippen molar-refractivity contribution in [1.29, 1.82) is 0 Å². The zero-order valence-electron chi connectivity index (χ0n) is 9.99. The lowest BCUT2D eigenvalue weighted by molar-refractivity contribution is -0.236. The summed E-state index contributed by atoms with van der Waals surface area (Å²) in [7, 11) is 1.66. The summed E-state index contributed by atoms with van der Waals surface area (Å²) in [5.41, 5.74) is 0. The molecule has 0 saturated carbocycles. The minimum atomic E-state index is -3.23. The van der Waals surface area contributed by atoms with Gasteiger partial charge in [-0.2, -0.15) is 8.78 Å². The molecule has 98 valence electrons. The molecule has 3 nitrogen and oxygen atoms in total. The Hall–Kier alpha value is -0.620. The second kappa shape index (κ2) is 5.82. The van der Waals surface area contributed by atoms with Gasteiger partial charge >= 0.3 is 6.11 Å². The minimum Gasteiger partial charge on any atom is -0.345 e. The highest BCUT2D eigenvalue weighted by Gasteiger charge is 2.40. The molecule has 1 saturated heterocycles. The molecule has 2 atom stereocenters. The van der Waals surface area contributed by atoms with Gasteiger partial charge in [0.25, 0.3) is 0 Å². The first-order valence-electron chi connectivity index (χ1n) is 5.31. The molecule has 1 aliphatic heterocycles. The third-order valence-electron chi connectivity index (χ3n) is 2.73. The van der Waals surface area contributed by atoms with Crippen molar-refractivity contribution >= 4 is 17.7 Å². The van der Waals surface area contributed by atoms with Crippen molar-refractivity contribution in [3.8, 4) is 0 Å². The second-order valence-electron chi connectivity index (χ2n) is 4.11. The molecule has 0 N–H and O–H groups in total. The second-order valence-corrected chi connectivity index (χ2v) is 5.09. The van der Waals surface area contributed by atoms with Crippen LogP contribution >= 0.6 is 11.8 Å². The maximum atomic E-state index is 13.5. The van der Waals surface area contributed by atoms with Crippen LogP contribution in [0, 0.1) is 5.92 Å². The smallest absolute Gasteiger partial charge is 0.345 e. The number of alkyl halides is 2. The van der Waals surface area contributed by atoms with Gasteiger partial charge in [0.1, 0.15) is 5.25 Å². The number of thioether (sulfide) groups is 1. The van der Waals surface area contributed by atoms with E-state index < -0.39 is 11.4 Å². The molecule has 0 aromatic heterocycles. The summed E-state index contributed by atoms with van der Waals surface area (Å²) in [6.07, 6.45) is -0.191. The van der Waals surface area contributed by atoms with Crippen molar-refractivity contribution in [3.63, 3.8) is 0 Å². The van der Waals surface area contributed by atoms with Crippen LogP contribution in [0.1, 0.15) is 6.42 Å². The largest absolute Gasteiger partial charge is 0.371 e. The summed E-state index contributed by atoms with van der Waals surface area (Å²) >= 11 is 0.990. The molecular formula is C11H17F2NO2S. The zero-order chi connectivity index (χ0) is 13.1. The number of hydrogen-bond donors (Lipinski definition) is 0. The van der Waals surface area contributed by atoms with Crippen LogP contribution in [0.5, 0.6) is 0 Å². The van der Waals surface area contributed by atoms with E-state index in [0.717, 1.165) is 11.8 Å². The third-order valence-corrected chi connectivity index (χ3v) is 3.71. The topological polar surface area (TPSA) is 29.5 Å². The number of ether oxygens (including phenoxy) is 1. The lowest BCUT2D eigenvalue weighted by atomic mass is 10.1. The Morgan fingerprint density at radius 1 is 1.76 bits per heavy atom. The first kappa shape index (κ1) is 14.4. The summed E-state index contributed by atoms with van der Waals surface area (Å²) in [6, 6.07) is 0. The molecule has 0 spiro atoms. The number of halogens is 2. The average molecular weight is 265 g/mol. The molecule has 1 amide bonds. The van der Waals surface area contributed by atoms with Gasteiger partial charge in [0, 0.05) is 25.9 Å². The van der Waals surface area contributed by atoms with E-state index in [1.807, 2.05) is 0 Å². The van der Waals surface area contributed by atoms with Crippen molar-refractivity contribution in [3.05, 3.63) is 12.7 Å². The van der Waals surface area contributed by atoms with Gasteiger partial charge in [0.05, 0.1) is 6.61 Å². The fourth-order valence-electron chi connectivity index (χ4n) is 1.75. The van der Waals surface area contributed by atoms with Crippen molar-refractivity contribution in [2.24, 2.45) is 5.92 Å². The summed E-state index contributed by atoms with van der Waals surface area (Å²) in [5.74, 6) is -0.169. The van der Waals surface area contributed by atoms with E-state index >= 15 is 0 Å². The van der Waals surface area contributed by atoms with Crippen LogP contribution < -0.4 is 0 Å².